The number of amides is 1. The van der Waals surface area contributed by atoms with Gasteiger partial charge in [0, 0.05) is 16.6 Å². The molecule has 0 unspecified atom stereocenters. The van der Waals surface area contributed by atoms with Crippen LogP contribution in [-0.4, -0.2) is 18.2 Å². The Morgan fingerprint density at radius 1 is 1.36 bits per heavy atom. The third kappa shape index (κ3) is 4.75. The average Bonchev–Trinajstić information content (AvgIpc) is 2.55. The Kier molecular flexibility index (Phi) is 6.10. The number of hydrogen-bond donors (Lipinski definition) is 0. The Morgan fingerprint density at radius 3 is 2.64 bits per heavy atom. The van der Waals surface area contributed by atoms with E-state index in [2.05, 4.69) is 22.0 Å². The molecule has 25 heavy (non-hydrogen) atoms. The molecule has 0 N–H and O–H groups in total. The molecule has 0 spiro atoms. The summed E-state index contributed by atoms with van der Waals surface area (Å²) in [7, 11) is 0. The van der Waals surface area contributed by atoms with Gasteiger partial charge in [-0.25, -0.2) is 4.79 Å². The van der Waals surface area contributed by atoms with Crippen LogP contribution < -0.4 is 4.90 Å². The van der Waals surface area contributed by atoms with Crippen LogP contribution in [0, 0.1) is 11.3 Å². The van der Waals surface area contributed by atoms with Gasteiger partial charge in [-0.1, -0.05) is 29.8 Å². The maximum atomic E-state index is 12.6. The lowest BCUT2D eigenvalue weighted by Gasteiger charge is -2.27. The van der Waals surface area contributed by atoms with Crippen molar-refractivity contribution in [3.63, 3.8) is 0 Å². The van der Waals surface area contributed by atoms with Gasteiger partial charge in [0.15, 0.2) is 0 Å². The lowest BCUT2D eigenvalue weighted by atomic mass is 10.1. The van der Waals surface area contributed by atoms with E-state index in [1.165, 1.54) is 10.4 Å². The molecule has 0 heterocycles. The van der Waals surface area contributed by atoms with E-state index >= 15 is 0 Å². The number of halogens is 2. The van der Waals surface area contributed by atoms with Crippen LogP contribution in [0.25, 0.3) is 10.8 Å². The van der Waals surface area contributed by atoms with Crippen LogP contribution in [-0.2, 0) is 4.74 Å². The summed E-state index contributed by atoms with van der Waals surface area (Å²) in [6.45, 7) is 5.71. The first kappa shape index (κ1) is 19.3. The predicted molar refractivity (Wildman–Crippen MR) is 105 cm³/mol. The van der Waals surface area contributed by atoms with Gasteiger partial charge >= 0.3 is 6.09 Å². The van der Waals surface area contributed by atoms with Crippen molar-refractivity contribution in [1.29, 1.82) is 5.26 Å². The fraction of sp³-hybridized carbons (Fsp3) is 0.263. The Morgan fingerprint density at radius 2 is 2.04 bits per heavy atom. The molecular formula is C19H18BrClN2O2. The minimum absolute atomic E-state index is 0.264. The summed E-state index contributed by atoms with van der Waals surface area (Å²) in [5.41, 5.74) is 1.94. The number of ether oxygens (including phenoxy) is 1. The van der Waals surface area contributed by atoms with E-state index in [9.17, 15) is 4.79 Å². The van der Waals surface area contributed by atoms with Gasteiger partial charge in [0.05, 0.1) is 17.3 Å². The molecule has 0 radical (unpaired) electrons. The zero-order valence-corrected chi connectivity index (χ0v) is 16.6. The van der Waals surface area contributed by atoms with Gasteiger partial charge in [-0.3, -0.25) is 4.90 Å². The average molecular weight is 422 g/mol. The highest BCUT2D eigenvalue weighted by atomic mass is 79.9. The third-order valence-corrected chi connectivity index (χ3v) is 4.36. The van der Waals surface area contributed by atoms with Gasteiger partial charge in [0.25, 0.3) is 0 Å². The second-order valence-electron chi connectivity index (χ2n) is 6.40. The lowest BCUT2D eigenvalue weighted by Crippen LogP contribution is -2.37. The van der Waals surface area contributed by atoms with E-state index < -0.39 is 11.7 Å². The molecule has 0 aliphatic rings. The highest BCUT2D eigenvalue weighted by Gasteiger charge is 2.24. The van der Waals surface area contributed by atoms with Crippen molar-refractivity contribution in [2.75, 3.05) is 11.4 Å². The van der Waals surface area contributed by atoms with Crippen molar-refractivity contribution in [2.45, 2.75) is 26.4 Å². The second kappa shape index (κ2) is 7.90. The van der Waals surface area contributed by atoms with Crippen LogP contribution in [0.2, 0.25) is 0 Å². The molecule has 0 aromatic heterocycles. The second-order valence-corrected chi connectivity index (χ2v) is 7.44. The molecule has 0 aliphatic heterocycles. The SMILES string of the molecule is CC(C)(C)OC(=O)N(CC=CCl)c1ccc2ccc(C#N)cc2c1Br. The minimum Gasteiger partial charge on any atom is -0.443 e. The molecule has 0 aliphatic carbocycles. The zero-order valence-electron chi connectivity index (χ0n) is 14.2. The van der Waals surface area contributed by atoms with Crippen LogP contribution >= 0.6 is 27.5 Å². The van der Waals surface area contributed by atoms with Gasteiger partial charge in [0.1, 0.15) is 5.60 Å². The molecule has 0 fully saturated rings. The van der Waals surface area contributed by atoms with Crippen molar-refractivity contribution >= 4 is 50.1 Å². The molecule has 0 bridgehead atoms. The quantitative estimate of drug-likeness (QED) is 0.613. The zero-order chi connectivity index (χ0) is 18.6. The number of benzene rings is 2. The third-order valence-electron chi connectivity index (χ3n) is 3.35. The van der Waals surface area contributed by atoms with Crippen molar-refractivity contribution in [3.05, 3.63) is 52.0 Å². The standard InChI is InChI=1S/C19H18BrClN2O2/c1-19(2,3)25-18(24)23(10-4-9-21)16-8-7-14-6-5-13(12-22)11-15(14)17(16)20/h4-9,11H,10H2,1-3H3. The number of anilines is 1. The molecule has 2 aromatic carbocycles. The number of nitrogens with zero attached hydrogens (tertiary/aromatic N) is 2. The van der Waals surface area contributed by atoms with E-state index in [-0.39, 0.29) is 6.54 Å². The van der Waals surface area contributed by atoms with Crippen molar-refractivity contribution < 1.29 is 9.53 Å². The number of rotatable bonds is 3. The van der Waals surface area contributed by atoms with Crippen molar-refractivity contribution in [1.82, 2.24) is 0 Å². The van der Waals surface area contributed by atoms with Gasteiger partial charge in [-0.15, -0.1) is 0 Å². The fourth-order valence-electron chi connectivity index (χ4n) is 2.28. The number of carbonyl (C=O) groups excluding carboxylic acids is 1. The van der Waals surface area contributed by atoms with Crippen LogP contribution in [0.3, 0.4) is 0 Å². The first-order valence-corrected chi connectivity index (χ1v) is 8.88. The maximum Gasteiger partial charge on any atom is 0.415 e. The first-order chi connectivity index (χ1) is 11.8. The largest absolute Gasteiger partial charge is 0.443 e. The fourth-order valence-corrected chi connectivity index (χ4v) is 3.05. The van der Waals surface area contributed by atoms with Gasteiger partial charge in [0.2, 0.25) is 0 Å². The molecule has 0 atom stereocenters. The highest BCUT2D eigenvalue weighted by Crippen LogP contribution is 2.35. The van der Waals surface area contributed by atoms with Gasteiger partial charge in [-0.2, -0.15) is 5.26 Å². The monoisotopic (exact) mass is 420 g/mol. The summed E-state index contributed by atoms with van der Waals surface area (Å²) in [6, 6.07) is 11.3. The highest BCUT2D eigenvalue weighted by molar-refractivity contribution is 9.10. The predicted octanol–water partition coefficient (Wildman–Crippen LogP) is 5.97. The molecule has 6 heteroatoms. The van der Waals surface area contributed by atoms with Crippen LogP contribution in [0.5, 0.6) is 0 Å². The summed E-state index contributed by atoms with van der Waals surface area (Å²) < 4.78 is 6.22. The molecule has 2 aromatic rings. The number of fused-ring (bicyclic) bond motifs is 1. The number of nitriles is 1. The van der Waals surface area contributed by atoms with E-state index in [0.717, 1.165) is 15.2 Å². The summed E-state index contributed by atoms with van der Waals surface area (Å²) >= 11 is 9.21. The smallest absolute Gasteiger partial charge is 0.415 e. The Balaban J connectivity index is 2.54. The van der Waals surface area contributed by atoms with E-state index in [0.29, 0.717) is 11.3 Å². The Bertz CT molecular complexity index is 866. The molecule has 4 nitrogen and oxygen atoms in total. The first-order valence-electron chi connectivity index (χ1n) is 7.65. The summed E-state index contributed by atoms with van der Waals surface area (Å²) in [6.07, 6.45) is 1.19. The van der Waals surface area contributed by atoms with E-state index in [1.807, 2.05) is 39.0 Å². The van der Waals surface area contributed by atoms with Gasteiger partial charge in [-0.05, 0) is 65.7 Å². The van der Waals surface area contributed by atoms with Crippen molar-refractivity contribution in [2.24, 2.45) is 0 Å². The molecule has 2 rings (SSSR count). The van der Waals surface area contributed by atoms with Crippen LogP contribution in [0.15, 0.2) is 46.4 Å². The number of hydrogen-bond acceptors (Lipinski definition) is 3. The van der Waals surface area contributed by atoms with E-state index in [1.54, 1.807) is 18.2 Å². The normalized spacial score (nSPS) is 11.5. The summed E-state index contributed by atoms with van der Waals surface area (Å²) in [5.74, 6) is 0. The molecule has 130 valence electrons. The number of carbonyl (C=O) groups is 1. The van der Waals surface area contributed by atoms with Crippen molar-refractivity contribution in [3.8, 4) is 6.07 Å². The van der Waals surface area contributed by atoms with Crippen LogP contribution in [0.1, 0.15) is 26.3 Å². The molecular weight excluding hydrogens is 404 g/mol. The minimum atomic E-state index is -0.614. The Hall–Kier alpha value is -2.03. The molecule has 1 amide bonds. The van der Waals surface area contributed by atoms with Gasteiger partial charge < -0.3 is 4.74 Å². The maximum absolute atomic E-state index is 12.6. The topological polar surface area (TPSA) is 53.3 Å². The van der Waals surface area contributed by atoms with Crippen LogP contribution in [0.4, 0.5) is 10.5 Å². The Labute approximate surface area is 160 Å². The summed E-state index contributed by atoms with van der Waals surface area (Å²) in [5, 5.41) is 10.9. The molecule has 0 saturated carbocycles. The van der Waals surface area contributed by atoms with E-state index in [4.69, 9.17) is 21.6 Å². The lowest BCUT2D eigenvalue weighted by molar-refractivity contribution is 0.0584. The summed E-state index contributed by atoms with van der Waals surface area (Å²) in [4.78, 5) is 14.1. The molecule has 0 saturated heterocycles.